The Bertz CT molecular complexity index is 772. The summed E-state index contributed by atoms with van der Waals surface area (Å²) in [5.74, 6) is -0.937. The number of hydrogen-bond donors (Lipinski definition) is 1. The van der Waals surface area contributed by atoms with Crippen LogP contribution in [-0.2, 0) is 22.4 Å². The molecule has 0 unspecified atom stereocenters. The maximum atomic E-state index is 12.2. The number of carboxylic acid groups (broad SMARTS) is 1. The molecule has 0 saturated heterocycles. The molecule has 26 heavy (non-hydrogen) atoms. The van der Waals surface area contributed by atoms with Gasteiger partial charge in [0, 0.05) is 5.69 Å². The first-order chi connectivity index (χ1) is 12.5. The highest BCUT2D eigenvalue weighted by molar-refractivity contribution is 5.93. The van der Waals surface area contributed by atoms with Gasteiger partial charge in [0.15, 0.2) is 6.61 Å². The van der Waals surface area contributed by atoms with Crippen LogP contribution in [0.4, 0.5) is 5.69 Å². The lowest BCUT2D eigenvalue weighted by molar-refractivity contribution is -0.297. The molecule has 5 heteroatoms. The van der Waals surface area contributed by atoms with Crippen LogP contribution in [0.5, 0.6) is 5.75 Å². The number of nitrogens with one attached hydrogen (secondary N) is 1. The van der Waals surface area contributed by atoms with Gasteiger partial charge in [-0.2, -0.15) is 0 Å². The molecular weight excluding hydrogens is 330 g/mol. The largest absolute Gasteiger partial charge is 0.545 e. The molecule has 0 spiro atoms. The molecule has 0 aromatic heterocycles. The molecule has 2 aromatic rings. The number of anilines is 1. The van der Waals surface area contributed by atoms with Crippen LogP contribution in [0, 0.1) is 0 Å². The molecule has 2 rings (SSSR count). The number of ether oxygens (including phenoxy) is 1. The highest BCUT2D eigenvalue weighted by Crippen LogP contribution is 2.22. The fourth-order valence-corrected chi connectivity index (χ4v) is 2.57. The molecule has 1 N–H and O–H groups in total. The van der Waals surface area contributed by atoms with Crippen molar-refractivity contribution >= 4 is 23.6 Å². The Morgan fingerprint density at radius 3 is 2.19 bits per heavy atom. The molecule has 0 aliphatic carbocycles. The quantitative estimate of drug-likeness (QED) is 0.741. The summed E-state index contributed by atoms with van der Waals surface area (Å²) in [6, 6.07) is 12.8. The molecule has 0 radical (unpaired) electrons. The molecular formula is C21H22NO4-. The Kier molecular flexibility index (Phi) is 6.97. The van der Waals surface area contributed by atoms with Gasteiger partial charge in [0.1, 0.15) is 5.75 Å². The van der Waals surface area contributed by atoms with E-state index >= 15 is 0 Å². The summed E-state index contributed by atoms with van der Waals surface area (Å²) in [5, 5.41) is 13.3. The fraction of sp³-hybridized carbons (Fsp3) is 0.238. The van der Waals surface area contributed by atoms with Gasteiger partial charge < -0.3 is 20.0 Å². The maximum Gasteiger partial charge on any atom is 0.262 e. The number of hydrogen-bond acceptors (Lipinski definition) is 4. The van der Waals surface area contributed by atoms with Gasteiger partial charge >= 0.3 is 0 Å². The van der Waals surface area contributed by atoms with Crippen molar-refractivity contribution in [2.45, 2.75) is 26.7 Å². The number of amides is 1. The molecule has 0 saturated carbocycles. The van der Waals surface area contributed by atoms with Gasteiger partial charge in [-0.25, -0.2) is 0 Å². The predicted molar refractivity (Wildman–Crippen MR) is 99.8 cm³/mol. The van der Waals surface area contributed by atoms with E-state index in [-0.39, 0.29) is 12.5 Å². The Morgan fingerprint density at radius 2 is 1.65 bits per heavy atom. The van der Waals surface area contributed by atoms with Gasteiger partial charge in [0.05, 0.1) is 5.97 Å². The van der Waals surface area contributed by atoms with Crippen LogP contribution in [-0.4, -0.2) is 18.5 Å². The highest BCUT2D eigenvalue weighted by atomic mass is 16.5. The van der Waals surface area contributed by atoms with Crippen molar-refractivity contribution in [3.8, 4) is 5.75 Å². The normalized spacial score (nSPS) is 10.7. The average molecular weight is 352 g/mol. The van der Waals surface area contributed by atoms with E-state index in [0.29, 0.717) is 11.3 Å². The maximum absolute atomic E-state index is 12.2. The minimum atomic E-state index is -1.25. The minimum absolute atomic E-state index is 0.102. The minimum Gasteiger partial charge on any atom is -0.545 e. The average Bonchev–Trinajstić information content (AvgIpc) is 2.65. The zero-order valence-corrected chi connectivity index (χ0v) is 15.0. The molecule has 136 valence electrons. The van der Waals surface area contributed by atoms with Crippen molar-refractivity contribution in [3.63, 3.8) is 0 Å². The first-order valence-electron chi connectivity index (χ1n) is 8.56. The van der Waals surface area contributed by atoms with Gasteiger partial charge in [-0.05, 0) is 47.7 Å². The van der Waals surface area contributed by atoms with Crippen molar-refractivity contribution in [2.24, 2.45) is 0 Å². The molecule has 0 bridgehead atoms. The van der Waals surface area contributed by atoms with Crippen molar-refractivity contribution in [3.05, 3.63) is 65.2 Å². The van der Waals surface area contributed by atoms with Gasteiger partial charge in [-0.1, -0.05) is 50.3 Å². The van der Waals surface area contributed by atoms with Crippen LogP contribution in [0.2, 0.25) is 0 Å². The number of rotatable bonds is 8. The standard InChI is InChI=1S/C21H23NO4/c1-3-16-6-5-7-17(4-2)21(16)22-19(23)14-26-18-11-8-15(9-12-18)10-13-20(24)25/h5-13H,3-4,14H2,1-2H3,(H,22,23)(H,24,25)/p-1/b13-10+. The Morgan fingerprint density at radius 1 is 1.04 bits per heavy atom. The third-order valence-corrected chi connectivity index (χ3v) is 3.93. The summed E-state index contributed by atoms with van der Waals surface area (Å²) in [5.41, 5.74) is 3.77. The van der Waals surface area contributed by atoms with Crippen LogP contribution in [0.3, 0.4) is 0 Å². The number of carbonyl (C=O) groups is 2. The predicted octanol–water partition coefficient (Wildman–Crippen LogP) is 2.59. The molecule has 0 aliphatic rings. The second-order valence-electron chi connectivity index (χ2n) is 5.72. The third kappa shape index (κ3) is 5.48. The number of aryl methyl sites for hydroxylation is 2. The van der Waals surface area contributed by atoms with Gasteiger partial charge in [-0.3, -0.25) is 4.79 Å². The summed E-state index contributed by atoms with van der Waals surface area (Å²) in [7, 11) is 0. The van der Waals surface area contributed by atoms with E-state index in [2.05, 4.69) is 19.2 Å². The van der Waals surface area contributed by atoms with Crippen LogP contribution in [0.15, 0.2) is 48.5 Å². The van der Waals surface area contributed by atoms with E-state index in [4.69, 9.17) is 4.74 Å². The first-order valence-corrected chi connectivity index (χ1v) is 8.56. The summed E-state index contributed by atoms with van der Waals surface area (Å²) < 4.78 is 5.50. The Hall–Kier alpha value is -3.08. The molecule has 0 fully saturated rings. The van der Waals surface area contributed by atoms with E-state index in [1.807, 2.05) is 18.2 Å². The first kappa shape index (κ1) is 19.2. The summed E-state index contributed by atoms with van der Waals surface area (Å²) in [6.07, 6.45) is 4.07. The number of benzene rings is 2. The van der Waals surface area contributed by atoms with Crippen LogP contribution in [0.25, 0.3) is 6.08 Å². The lowest BCUT2D eigenvalue weighted by Gasteiger charge is -2.14. The van der Waals surface area contributed by atoms with E-state index in [1.165, 1.54) is 6.08 Å². The van der Waals surface area contributed by atoms with E-state index < -0.39 is 5.97 Å². The highest BCUT2D eigenvalue weighted by Gasteiger charge is 2.10. The molecule has 1 amide bonds. The van der Waals surface area contributed by atoms with Crippen LogP contribution >= 0.6 is 0 Å². The fourth-order valence-electron chi connectivity index (χ4n) is 2.57. The van der Waals surface area contributed by atoms with Crippen molar-refractivity contribution in [1.29, 1.82) is 0 Å². The van der Waals surface area contributed by atoms with Gasteiger partial charge in [-0.15, -0.1) is 0 Å². The smallest absolute Gasteiger partial charge is 0.262 e. The monoisotopic (exact) mass is 352 g/mol. The van der Waals surface area contributed by atoms with Gasteiger partial charge in [0.2, 0.25) is 0 Å². The molecule has 5 nitrogen and oxygen atoms in total. The van der Waals surface area contributed by atoms with Crippen molar-refractivity contribution in [1.82, 2.24) is 0 Å². The number of carbonyl (C=O) groups excluding carboxylic acids is 2. The SMILES string of the molecule is CCc1cccc(CC)c1NC(=O)COc1ccc(/C=C/C(=O)[O-])cc1. The second-order valence-corrected chi connectivity index (χ2v) is 5.72. The second kappa shape index (κ2) is 9.42. The lowest BCUT2D eigenvalue weighted by Crippen LogP contribution is -2.21. The zero-order chi connectivity index (χ0) is 18.9. The van der Waals surface area contributed by atoms with Crippen molar-refractivity contribution < 1.29 is 19.4 Å². The number of para-hydroxylation sites is 1. The zero-order valence-electron chi connectivity index (χ0n) is 15.0. The van der Waals surface area contributed by atoms with Crippen LogP contribution < -0.4 is 15.2 Å². The third-order valence-electron chi connectivity index (χ3n) is 3.93. The summed E-state index contributed by atoms with van der Waals surface area (Å²) in [6.45, 7) is 4.00. The number of aliphatic carboxylic acids is 1. The number of carboxylic acids is 1. The molecule has 2 aromatic carbocycles. The lowest BCUT2D eigenvalue weighted by atomic mass is 10.0. The van der Waals surface area contributed by atoms with E-state index in [9.17, 15) is 14.7 Å². The Balaban J connectivity index is 1.96. The Labute approximate surface area is 153 Å². The van der Waals surface area contributed by atoms with Crippen LogP contribution in [0.1, 0.15) is 30.5 Å². The molecule has 0 heterocycles. The molecule has 0 atom stereocenters. The molecule has 0 aliphatic heterocycles. The van der Waals surface area contributed by atoms with Gasteiger partial charge in [0.25, 0.3) is 5.91 Å². The van der Waals surface area contributed by atoms with Crippen molar-refractivity contribution in [2.75, 3.05) is 11.9 Å². The van der Waals surface area contributed by atoms with E-state index in [1.54, 1.807) is 24.3 Å². The summed E-state index contributed by atoms with van der Waals surface area (Å²) in [4.78, 5) is 22.6. The van der Waals surface area contributed by atoms with E-state index in [0.717, 1.165) is 35.7 Å². The topological polar surface area (TPSA) is 78.5 Å². The summed E-state index contributed by atoms with van der Waals surface area (Å²) >= 11 is 0.